The van der Waals surface area contributed by atoms with Crippen LogP contribution in [0, 0.1) is 0 Å². The van der Waals surface area contributed by atoms with Gasteiger partial charge in [0, 0.05) is 22.8 Å². The van der Waals surface area contributed by atoms with E-state index in [9.17, 15) is 14.4 Å². The summed E-state index contributed by atoms with van der Waals surface area (Å²) in [6, 6.07) is 25.6. The van der Waals surface area contributed by atoms with Gasteiger partial charge in [-0.2, -0.15) is 0 Å². The third-order valence-electron chi connectivity index (χ3n) is 3.90. The second kappa shape index (κ2) is 8.54. The van der Waals surface area contributed by atoms with Crippen molar-refractivity contribution in [3.8, 4) is 0 Å². The number of benzene rings is 3. The lowest BCUT2D eigenvalue weighted by Crippen LogP contribution is -2.28. The Morgan fingerprint density at radius 2 is 1.04 bits per heavy atom. The molecule has 27 heavy (non-hydrogen) atoms. The number of allylic oxidation sites excluding steroid dienone is 2. The minimum Gasteiger partial charge on any atom is -0.319 e. The van der Waals surface area contributed by atoms with Crippen molar-refractivity contribution in [2.45, 2.75) is 0 Å². The van der Waals surface area contributed by atoms with E-state index >= 15 is 0 Å². The van der Waals surface area contributed by atoms with Crippen molar-refractivity contribution in [2.75, 3.05) is 0 Å². The highest BCUT2D eigenvalue weighted by Crippen LogP contribution is 2.10. The first-order valence-corrected chi connectivity index (χ1v) is 8.42. The van der Waals surface area contributed by atoms with Gasteiger partial charge in [-0.05, 0) is 12.1 Å². The number of carbonyl (C=O) groups excluding carboxylic acids is 3. The van der Waals surface area contributed by atoms with Gasteiger partial charge in [0.25, 0.3) is 5.91 Å². The van der Waals surface area contributed by atoms with Crippen LogP contribution >= 0.6 is 0 Å². The van der Waals surface area contributed by atoms with E-state index in [1.165, 1.54) is 6.08 Å². The maximum Gasteiger partial charge on any atom is 0.255 e. The minimum atomic E-state index is -0.452. The molecule has 3 aromatic rings. The Balaban J connectivity index is 1.93. The molecule has 3 aromatic carbocycles. The molecule has 1 N–H and O–H groups in total. The van der Waals surface area contributed by atoms with Crippen molar-refractivity contribution in [3.05, 3.63) is 119 Å². The van der Waals surface area contributed by atoms with E-state index in [-0.39, 0.29) is 11.5 Å². The van der Waals surface area contributed by atoms with E-state index < -0.39 is 11.7 Å². The fourth-order valence-electron chi connectivity index (χ4n) is 2.50. The summed E-state index contributed by atoms with van der Waals surface area (Å²) >= 11 is 0. The zero-order chi connectivity index (χ0) is 19.1. The van der Waals surface area contributed by atoms with Gasteiger partial charge in [0.1, 0.15) is 0 Å². The molecular weight excluding hydrogens is 338 g/mol. The molecule has 0 fully saturated rings. The van der Waals surface area contributed by atoms with Crippen molar-refractivity contribution in [1.82, 2.24) is 5.32 Å². The van der Waals surface area contributed by atoms with Gasteiger partial charge in [0.15, 0.2) is 5.78 Å². The molecule has 3 rings (SSSR count). The van der Waals surface area contributed by atoms with Crippen molar-refractivity contribution >= 4 is 17.5 Å². The molecule has 0 aliphatic heterocycles. The lowest BCUT2D eigenvalue weighted by Gasteiger charge is -2.09. The fourth-order valence-corrected chi connectivity index (χ4v) is 2.50. The number of carbonyl (C=O) groups is 3. The van der Waals surface area contributed by atoms with Gasteiger partial charge < -0.3 is 5.32 Å². The van der Waals surface area contributed by atoms with Gasteiger partial charge in [-0.25, -0.2) is 0 Å². The number of Topliss-reactive ketones (excluding diaryl/α,β-unsaturated/α-hetero) is 1. The zero-order valence-electron chi connectivity index (χ0n) is 14.5. The highest BCUT2D eigenvalue weighted by Gasteiger charge is 2.18. The molecule has 0 saturated heterocycles. The Kier molecular flexibility index (Phi) is 5.70. The normalized spacial score (nSPS) is 10.9. The number of nitrogens with one attached hydrogen (secondary N) is 1. The van der Waals surface area contributed by atoms with Gasteiger partial charge in [-0.3, -0.25) is 14.4 Å². The molecule has 0 saturated carbocycles. The zero-order valence-corrected chi connectivity index (χ0v) is 14.5. The first-order valence-electron chi connectivity index (χ1n) is 8.42. The lowest BCUT2D eigenvalue weighted by atomic mass is 10.0. The summed E-state index contributed by atoms with van der Waals surface area (Å²) in [6.07, 6.45) is 1.17. The molecule has 132 valence electrons. The average molecular weight is 355 g/mol. The number of rotatable bonds is 6. The molecule has 0 radical (unpaired) electrons. The number of ketones is 2. The predicted molar refractivity (Wildman–Crippen MR) is 104 cm³/mol. The first-order chi connectivity index (χ1) is 13.1. The Morgan fingerprint density at radius 3 is 1.56 bits per heavy atom. The maximum atomic E-state index is 12.8. The summed E-state index contributed by atoms with van der Waals surface area (Å²) < 4.78 is 0. The molecule has 0 spiro atoms. The number of hydrogen-bond donors (Lipinski definition) is 1. The Hall–Kier alpha value is -3.79. The van der Waals surface area contributed by atoms with Crippen LogP contribution in [-0.4, -0.2) is 17.5 Å². The van der Waals surface area contributed by atoms with Gasteiger partial charge in [-0.15, -0.1) is 0 Å². The highest BCUT2D eigenvalue weighted by atomic mass is 16.2. The summed E-state index contributed by atoms with van der Waals surface area (Å²) in [6.45, 7) is 0. The third kappa shape index (κ3) is 4.64. The summed E-state index contributed by atoms with van der Waals surface area (Å²) in [5, 5.41) is 2.58. The van der Waals surface area contributed by atoms with Crippen molar-refractivity contribution in [1.29, 1.82) is 0 Å². The topological polar surface area (TPSA) is 63.2 Å². The van der Waals surface area contributed by atoms with Crippen LogP contribution in [0.5, 0.6) is 0 Å². The summed E-state index contributed by atoms with van der Waals surface area (Å²) in [4.78, 5) is 37.9. The molecular formula is C23H17NO3. The summed E-state index contributed by atoms with van der Waals surface area (Å²) in [5.41, 5.74) is 1.16. The summed E-state index contributed by atoms with van der Waals surface area (Å²) in [7, 11) is 0. The fraction of sp³-hybridized carbons (Fsp3) is 0. The van der Waals surface area contributed by atoms with Gasteiger partial charge >= 0.3 is 0 Å². The first kappa shape index (κ1) is 18.0. The molecule has 4 heteroatoms. The van der Waals surface area contributed by atoms with Crippen molar-refractivity contribution in [2.24, 2.45) is 0 Å². The van der Waals surface area contributed by atoms with E-state index in [0.29, 0.717) is 16.7 Å². The summed E-state index contributed by atoms with van der Waals surface area (Å²) in [5.74, 6) is -1.24. The minimum absolute atomic E-state index is 0.0658. The standard InChI is InChI=1S/C23H17NO3/c25-21(17-10-4-1-5-11-17)16-20(22(26)18-12-6-2-7-13-18)24-23(27)19-14-8-3-9-15-19/h1-16H,(H,24,27)/b20-16-. The SMILES string of the molecule is O=C(/C=C(\NC(=O)c1ccccc1)C(=O)c1ccccc1)c1ccccc1. The van der Waals surface area contributed by atoms with Crippen molar-refractivity contribution < 1.29 is 14.4 Å². The second-order valence-electron chi connectivity index (χ2n) is 5.80. The smallest absolute Gasteiger partial charge is 0.255 e. The van der Waals surface area contributed by atoms with Crippen molar-refractivity contribution in [3.63, 3.8) is 0 Å². The lowest BCUT2D eigenvalue weighted by molar-refractivity contribution is 0.0930. The van der Waals surface area contributed by atoms with Crippen LogP contribution in [0.4, 0.5) is 0 Å². The van der Waals surface area contributed by atoms with Crippen LogP contribution in [0.2, 0.25) is 0 Å². The second-order valence-corrected chi connectivity index (χ2v) is 5.80. The number of hydrogen-bond acceptors (Lipinski definition) is 3. The van der Waals surface area contributed by atoms with Crippen LogP contribution in [0.25, 0.3) is 0 Å². The van der Waals surface area contributed by atoms with Crippen LogP contribution in [0.1, 0.15) is 31.1 Å². The molecule has 0 aliphatic rings. The Morgan fingerprint density at radius 1 is 0.593 bits per heavy atom. The Labute approximate surface area is 157 Å². The molecule has 0 aromatic heterocycles. The molecule has 0 aliphatic carbocycles. The van der Waals surface area contributed by atoms with E-state index in [1.807, 2.05) is 0 Å². The van der Waals surface area contributed by atoms with Crippen LogP contribution < -0.4 is 5.32 Å². The van der Waals surface area contributed by atoms with Gasteiger partial charge in [-0.1, -0.05) is 78.9 Å². The predicted octanol–water partition coefficient (Wildman–Crippen LogP) is 4.07. The number of amides is 1. The quantitative estimate of drug-likeness (QED) is 0.536. The maximum absolute atomic E-state index is 12.8. The molecule has 0 unspecified atom stereocenters. The molecule has 0 bridgehead atoms. The van der Waals surface area contributed by atoms with Gasteiger partial charge in [0.05, 0.1) is 5.70 Å². The van der Waals surface area contributed by atoms with Gasteiger partial charge in [0.2, 0.25) is 5.78 Å². The van der Waals surface area contributed by atoms with E-state index in [4.69, 9.17) is 0 Å². The van der Waals surface area contributed by atoms with E-state index in [0.717, 1.165) is 0 Å². The van der Waals surface area contributed by atoms with Crippen LogP contribution in [0.3, 0.4) is 0 Å². The van der Waals surface area contributed by atoms with E-state index in [2.05, 4.69) is 5.32 Å². The molecule has 0 heterocycles. The molecule has 0 atom stereocenters. The highest BCUT2D eigenvalue weighted by molar-refractivity contribution is 6.17. The average Bonchev–Trinajstić information content (AvgIpc) is 2.74. The third-order valence-corrected chi connectivity index (χ3v) is 3.90. The Bertz CT molecular complexity index is 978. The molecule has 4 nitrogen and oxygen atoms in total. The monoisotopic (exact) mass is 355 g/mol. The van der Waals surface area contributed by atoms with E-state index in [1.54, 1.807) is 91.0 Å². The largest absolute Gasteiger partial charge is 0.319 e. The van der Waals surface area contributed by atoms with Crippen LogP contribution in [-0.2, 0) is 0 Å². The van der Waals surface area contributed by atoms with Crippen LogP contribution in [0.15, 0.2) is 103 Å². The molecule has 1 amide bonds.